The predicted molar refractivity (Wildman–Crippen MR) is 125 cm³/mol. The van der Waals surface area contributed by atoms with Gasteiger partial charge in [0.05, 0.1) is 43.1 Å². The molecule has 3 aromatic rings. The summed E-state index contributed by atoms with van der Waals surface area (Å²) in [5, 5.41) is 5.40. The Morgan fingerprint density at radius 1 is 1.06 bits per heavy atom. The molecule has 9 nitrogen and oxygen atoms in total. The summed E-state index contributed by atoms with van der Waals surface area (Å²) in [7, 11) is -2.29. The van der Waals surface area contributed by atoms with Gasteiger partial charge in [0.15, 0.2) is 0 Å². The molecule has 2 aromatic carbocycles. The average Bonchev–Trinajstić information content (AvgIpc) is 3.31. The number of hydrogen-bond acceptors (Lipinski definition) is 6. The second kappa shape index (κ2) is 10.2. The average molecular weight is 472 g/mol. The van der Waals surface area contributed by atoms with Gasteiger partial charge in [0, 0.05) is 0 Å². The molecule has 10 heteroatoms. The van der Waals surface area contributed by atoms with Gasteiger partial charge in [-0.1, -0.05) is 12.1 Å². The summed E-state index contributed by atoms with van der Waals surface area (Å²) < 4.78 is 36.3. The Morgan fingerprint density at radius 3 is 2.36 bits per heavy atom. The van der Waals surface area contributed by atoms with Crippen LogP contribution < -0.4 is 19.7 Å². The fourth-order valence-corrected chi connectivity index (χ4v) is 4.42. The molecule has 0 radical (unpaired) electrons. The summed E-state index contributed by atoms with van der Waals surface area (Å²) in [6.45, 7) is 1.66. The maximum atomic E-state index is 13.0. The van der Waals surface area contributed by atoms with E-state index in [1.165, 1.54) is 20.3 Å². The molecule has 2 amide bonds. The van der Waals surface area contributed by atoms with Crippen LogP contribution in [0, 0.1) is 0 Å². The topological polar surface area (TPSA) is 118 Å². The number of carbonyl (C=O) groups excluding carboxylic acids is 2. The molecule has 0 bridgehead atoms. The van der Waals surface area contributed by atoms with Gasteiger partial charge in [-0.3, -0.25) is 13.9 Å². The summed E-state index contributed by atoms with van der Waals surface area (Å²) in [4.78, 5) is 25.7. The normalized spacial score (nSPS) is 12.0. The Morgan fingerprint density at radius 2 is 1.76 bits per heavy atom. The van der Waals surface area contributed by atoms with Crippen molar-refractivity contribution in [2.45, 2.75) is 19.5 Å². The Labute approximate surface area is 192 Å². The van der Waals surface area contributed by atoms with Crippen molar-refractivity contribution in [1.29, 1.82) is 0 Å². The first-order valence-corrected chi connectivity index (χ1v) is 11.9. The van der Waals surface area contributed by atoms with Crippen LogP contribution in [0.3, 0.4) is 0 Å². The van der Waals surface area contributed by atoms with Gasteiger partial charge in [-0.15, -0.1) is 0 Å². The van der Waals surface area contributed by atoms with Gasteiger partial charge in [-0.2, -0.15) is 0 Å². The molecule has 0 saturated carbocycles. The minimum Gasteiger partial charge on any atom is -0.497 e. The monoisotopic (exact) mass is 471 g/mol. The lowest BCUT2D eigenvalue weighted by Gasteiger charge is -2.28. The quantitative estimate of drug-likeness (QED) is 0.495. The maximum Gasteiger partial charge on any atom is 0.253 e. The van der Waals surface area contributed by atoms with Gasteiger partial charge in [0.1, 0.15) is 17.6 Å². The highest BCUT2D eigenvalue weighted by atomic mass is 32.2. The number of nitrogens with zero attached hydrogens (tertiary/aromatic N) is 1. The summed E-state index contributed by atoms with van der Waals surface area (Å²) in [5.74, 6) is 0.133. The van der Waals surface area contributed by atoms with Crippen LogP contribution >= 0.6 is 0 Å². The molecule has 1 aromatic heterocycles. The lowest BCUT2D eigenvalue weighted by atomic mass is 10.1. The minimum atomic E-state index is -3.79. The third kappa shape index (κ3) is 5.92. The number of benzene rings is 2. The molecule has 2 N–H and O–H groups in total. The van der Waals surface area contributed by atoms with Crippen LogP contribution in [-0.4, -0.2) is 39.6 Å². The highest BCUT2D eigenvalue weighted by Gasteiger charge is 2.30. The number of ether oxygens (including phenoxy) is 1. The van der Waals surface area contributed by atoms with Crippen molar-refractivity contribution in [3.8, 4) is 5.75 Å². The number of rotatable bonds is 9. The van der Waals surface area contributed by atoms with E-state index in [9.17, 15) is 18.0 Å². The van der Waals surface area contributed by atoms with Crippen molar-refractivity contribution in [1.82, 2.24) is 5.32 Å². The van der Waals surface area contributed by atoms with Crippen LogP contribution in [-0.2, 0) is 21.4 Å². The largest absolute Gasteiger partial charge is 0.497 e. The summed E-state index contributed by atoms with van der Waals surface area (Å²) >= 11 is 0. The lowest BCUT2D eigenvalue weighted by Crippen LogP contribution is -2.45. The van der Waals surface area contributed by atoms with E-state index in [4.69, 9.17) is 9.15 Å². The van der Waals surface area contributed by atoms with Crippen molar-refractivity contribution >= 4 is 33.2 Å². The molecule has 0 saturated heterocycles. The highest BCUT2D eigenvalue weighted by molar-refractivity contribution is 7.92. The summed E-state index contributed by atoms with van der Waals surface area (Å²) in [5.41, 5.74) is 0.805. The van der Waals surface area contributed by atoms with E-state index in [1.54, 1.807) is 60.7 Å². The van der Waals surface area contributed by atoms with Gasteiger partial charge < -0.3 is 19.8 Å². The minimum absolute atomic E-state index is 0.184. The molecular weight excluding hydrogens is 446 g/mol. The third-order valence-corrected chi connectivity index (χ3v) is 6.09. The van der Waals surface area contributed by atoms with E-state index in [-0.39, 0.29) is 17.8 Å². The molecule has 0 aliphatic carbocycles. The van der Waals surface area contributed by atoms with E-state index in [1.807, 2.05) is 0 Å². The number of anilines is 2. The molecular formula is C23H25N3O6S. The predicted octanol–water partition coefficient (Wildman–Crippen LogP) is 3.01. The van der Waals surface area contributed by atoms with Crippen molar-refractivity contribution in [2.24, 2.45) is 0 Å². The Bertz CT molecular complexity index is 1210. The fourth-order valence-electron chi connectivity index (χ4n) is 3.24. The molecule has 0 spiro atoms. The van der Waals surface area contributed by atoms with Gasteiger partial charge in [0.25, 0.3) is 5.91 Å². The Kier molecular flexibility index (Phi) is 7.39. The van der Waals surface area contributed by atoms with Crippen LogP contribution in [0.2, 0.25) is 0 Å². The fraction of sp³-hybridized carbons (Fsp3) is 0.217. The zero-order valence-electron chi connectivity index (χ0n) is 18.4. The molecule has 174 valence electrons. The van der Waals surface area contributed by atoms with Crippen molar-refractivity contribution in [3.63, 3.8) is 0 Å². The van der Waals surface area contributed by atoms with E-state index in [2.05, 4.69) is 10.6 Å². The number of carbonyl (C=O) groups is 2. The molecule has 1 atom stereocenters. The standard InChI is InChI=1S/C23H25N3O6S/c1-16(26(33(3,29)30)17-10-12-18(31-2)13-11-17)22(27)25-21-9-5-4-8-20(21)23(28)24-15-19-7-6-14-32-19/h4-14,16H,15H2,1-3H3,(H,24,28)(H,25,27)/t16-/m1/s1. The van der Waals surface area contributed by atoms with E-state index in [0.29, 0.717) is 17.2 Å². The van der Waals surface area contributed by atoms with Gasteiger partial charge in [-0.25, -0.2) is 8.42 Å². The van der Waals surface area contributed by atoms with E-state index in [0.717, 1.165) is 10.6 Å². The second-order valence-corrected chi connectivity index (χ2v) is 9.09. The smallest absolute Gasteiger partial charge is 0.253 e. The number of amides is 2. The molecule has 0 fully saturated rings. The van der Waals surface area contributed by atoms with Crippen LogP contribution in [0.1, 0.15) is 23.0 Å². The first kappa shape index (κ1) is 23.9. The Hall–Kier alpha value is -3.79. The molecule has 1 heterocycles. The van der Waals surface area contributed by atoms with Crippen molar-refractivity contribution < 1.29 is 27.2 Å². The molecule has 0 unspecified atom stereocenters. The first-order valence-electron chi connectivity index (χ1n) is 10.0. The van der Waals surface area contributed by atoms with Crippen LogP contribution in [0.5, 0.6) is 5.75 Å². The van der Waals surface area contributed by atoms with Gasteiger partial charge in [0.2, 0.25) is 15.9 Å². The molecule has 33 heavy (non-hydrogen) atoms. The first-order chi connectivity index (χ1) is 15.7. The SMILES string of the molecule is COc1ccc(N([C@H](C)C(=O)Nc2ccccc2C(=O)NCc2ccco2)S(C)(=O)=O)cc1. The zero-order valence-corrected chi connectivity index (χ0v) is 19.3. The third-order valence-electron chi connectivity index (χ3n) is 4.85. The van der Waals surface area contributed by atoms with Crippen LogP contribution in [0.15, 0.2) is 71.3 Å². The molecule has 3 rings (SSSR count). The van der Waals surface area contributed by atoms with E-state index < -0.39 is 27.9 Å². The number of hydrogen-bond donors (Lipinski definition) is 2. The summed E-state index contributed by atoms with van der Waals surface area (Å²) in [6, 6.07) is 15.2. The number of nitrogens with one attached hydrogen (secondary N) is 2. The van der Waals surface area contributed by atoms with Crippen LogP contribution in [0.4, 0.5) is 11.4 Å². The van der Waals surface area contributed by atoms with Gasteiger partial charge in [-0.05, 0) is 55.5 Å². The van der Waals surface area contributed by atoms with Crippen LogP contribution in [0.25, 0.3) is 0 Å². The maximum absolute atomic E-state index is 13.0. The second-order valence-electron chi connectivity index (χ2n) is 7.23. The Balaban J connectivity index is 1.79. The zero-order chi connectivity index (χ0) is 24.0. The molecule has 0 aliphatic rings. The number of para-hydroxylation sites is 1. The number of methoxy groups -OCH3 is 1. The van der Waals surface area contributed by atoms with Crippen molar-refractivity contribution in [2.75, 3.05) is 23.0 Å². The van der Waals surface area contributed by atoms with Gasteiger partial charge >= 0.3 is 0 Å². The number of furan rings is 1. The van der Waals surface area contributed by atoms with E-state index >= 15 is 0 Å². The number of sulfonamides is 1. The highest BCUT2D eigenvalue weighted by Crippen LogP contribution is 2.25. The van der Waals surface area contributed by atoms with Crippen molar-refractivity contribution in [3.05, 3.63) is 78.3 Å². The lowest BCUT2D eigenvalue weighted by molar-refractivity contribution is -0.116. The summed E-state index contributed by atoms with van der Waals surface area (Å²) in [6.07, 6.45) is 2.53. The molecule has 0 aliphatic heterocycles.